The van der Waals surface area contributed by atoms with Crippen LogP contribution in [0, 0.1) is 0 Å². The molecule has 7 heteroatoms. The van der Waals surface area contributed by atoms with Gasteiger partial charge in [-0.2, -0.15) is 0 Å². The predicted molar refractivity (Wildman–Crippen MR) is 113 cm³/mol. The predicted octanol–water partition coefficient (Wildman–Crippen LogP) is 2.60. The molecule has 0 fully saturated rings. The van der Waals surface area contributed by atoms with Gasteiger partial charge in [0, 0.05) is 24.0 Å². The summed E-state index contributed by atoms with van der Waals surface area (Å²) in [6.07, 6.45) is 1.01. The molecule has 2 aromatic carbocycles. The third kappa shape index (κ3) is 6.45. The molecular formula is C21H24N4O2S. The summed E-state index contributed by atoms with van der Waals surface area (Å²) >= 11 is 1.33. The first-order valence-electron chi connectivity index (χ1n) is 9.12. The van der Waals surface area contributed by atoms with E-state index in [-0.39, 0.29) is 12.3 Å². The zero-order chi connectivity index (χ0) is 19.8. The maximum absolute atomic E-state index is 12.0. The Labute approximate surface area is 168 Å². The van der Waals surface area contributed by atoms with Crippen LogP contribution in [-0.2, 0) is 24.1 Å². The van der Waals surface area contributed by atoms with Gasteiger partial charge in [0.1, 0.15) is 6.23 Å². The van der Waals surface area contributed by atoms with Gasteiger partial charge in [-0.25, -0.2) is 4.98 Å². The fourth-order valence-electron chi connectivity index (χ4n) is 2.82. The Morgan fingerprint density at radius 3 is 2.54 bits per heavy atom. The number of carbonyl (C=O) groups excluding carboxylic acids is 1. The van der Waals surface area contributed by atoms with E-state index in [1.807, 2.05) is 54.6 Å². The van der Waals surface area contributed by atoms with Gasteiger partial charge in [0.2, 0.25) is 5.91 Å². The van der Waals surface area contributed by atoms with Crippen molar-refractivity contribution in [3.05, 3.63) is 76.8 Å². The molecule has 6 nitrogen and oxygen atoms in total. The summed E-state index contributed by atoms with van der Waals surface area (Å²) in [5.74, 6) is -0.122. The Hall–Kier alpha value is -2.74. The first-order valence-corrected chi connectivity index (χ1v) is 10.0. The summed E-state index contributed by atoms with van der Waals surface area (Å²) in [4.78, 5) is 16.1. The number of amides is 1. The van der Waals surface area contributed by atoms with E-state index in [9.17, 15) is 9.90 Å². The lowest BCUT2D eigenvalue weighted by molar-refractivity contribution is -0.115. The molecule has 0 saturated carbocycles. The molecule has 28 heavy (non-hydrogen) atoms. The normalized spacial score (nSPS) is 11.9. The second-order valence-electron chi connectivity index (χ2n) is 6.51. The van der Waals surface area contributed by atoms with Gasteiger partial charge >= 0.3 is 0 Å². The van der Waals surface area contributed by atoms with Gasteiger partial charge in [0.05, 0.1) is 12.1 Å². The van der Waals surface area contributed by atoms with E-state index in [2.05, 4.69) is 15.6 Å². The van der Waals surface area contributed by atoms with Gasteiger partial charge in [0.15, 0.2) is 5.13 Å². The number of thiazole rings is 1. The SMILES string of the molecule is Nc1nc(CC(=O)Nc2ccc(CCNC(O)Cc3ccccc3)cc2)cs1. The van der Waals surface area contributed by atoms with Crippen LogP contribution in [0.5, 0.6) is 0 Å². The molecule has 0 saturated heterocycles. The van der Waals surface area contributed by atoms with E-state index >= 15 is 0 Å². The fourth-order valence-corrected chi connectivity index (χ4v) is 3.38. The first-order chi connectivity index (χ1) is 13.6. The minimum atomic E-state index is -0.569. The highest BCUT2D eigenvalue weighted by atomic mass is 32.1. The molecule has 1 aromatic heterocycles. The molecule has 0 aliphatic heterocycles. The van der Waals surface area contributed by atoms with Crippen molar-refractivity contribution in [3.63, 3.8) is 0 Å². The summed E-state index contributed by atoms with van der Waals surface area (Å²) in [6.45, 7) is 0.672. The topological polar surface area (TPSA) is 100 Å². The van der Waals surface area contributed by atoms with E-state index in [1.54, 1.807) is 5.38 Å². The van der Waals surface area contributed by atoms with Crippen LogP contribution in [-0.4, -0.2) is 28.8 Å². The molecule has 0 bridgehead atoms. The van der Waals surface area contributed by atoms with Crippen molar-refractivity contribution in [2.45, 2.75) is 25.5 Å². The standard InChI is InChI=1S/C21H24N4O2S/c22-21-25-18(14-28-21)13-20(27)24-17-8-6-15(7-9-17)10-11-23-19(26)12-16-4-2-1-3-5-16/h1-9,14,19,23,26H,10-13H2,(H2,22,25)(H,24,27). The number of nitrogens with one attached hydrogen (secondary N) is 2. The third-order valence-electron chi connectivity index (χ3n) is 4.21. The minimum Gasteiger partial charge on any atom is -0.378 e. The van der Waals surface area contributed by atoms with E-state index in [0.717, 1.165) is 23.2 Å². The van der Waals surface area contributed by atoms with Crippen molar-refractivity contribution in [3.8, 4) is 0 Å². The largest absolute Gasteiger partial charge is 0.378 e. The number of benzene rings is 2. The highest BCUT2D eigenvalue weighted by Crippen LogP contribution is 2.14. The lowest BCUT2D eigenvalue weighted by atomic mass is 10.1. The van der Waals surface area contributed by atoms with E-state index in [1.165, 1.54) is 11.3 Å². The molecule has 0 spiro atoms. The molecular weight excluding hydrogens is 372 g/mol. The van der Waals surface area contributed by atoms with Crippen LogP contribution in [0.25, 0.3) is 0 Å². The molecule has 1 atom stereocenters. The molecule has 1 unspecified atom stereocenters. The van der Waals surface area contributed by atoms with Crippen LogP contribution in [0.15, 0.2) is 60.0 Å². The number of rotatable bonds is 9. The Morgan fingerprint density at radius 1 is 1.11 bits per heavy atom. The third-order valence-corrected chi connectivity index (χ3v) is 4.94. The van der Waals surface area contributed by atoms with E-state index in [0.29, 0.717) is 23.8 Å². The van der Waals surface area contributed by atoms with Crippen LogP contribution in [0.4, 0.5) is 10.8 Å². The van der Waals surface area contributed by atoms with Gasteiger partial charge in [-0.3, -0.25) is 10.1 Å². The quantitative estimate of drug-likeness (QED) is 0.417. The number of nitrogens with two attached hydrogens (primary N) is 1. The highest BCUT2D eigenvalue weighted by molar-refractivity contribution is 7.13. The zero-order valence-electron chi connectivity index (χ0n) is 15.5. The van der Waals surface area contributed by atoms with E-state index in [4.69, 9.17) is 5.73 Å². The van der Waals surface area contributed by atoms with Crippen molar-refractivity contribution in [2.75, 3.05) is 17.6 Å². The molecule has 5 N–H and O–H groups in total. The summed E-state index contributed by atoms with van der Waals surface area (Å²) in [7, 11) is 0. The highest BCUT2D eigenvalue weighted by Gasteiger charge is 2.08. The molecule has 146 valence electrons. The lowest BCUT2D eigenvalue weighted by Gasteiger charge is -2.13. The van der Waals surface area contributed by atoms with Crippen LogP contribution in [0.3, 0.4) is 0 Å². The number of hydrogen-bond acceptors (Lipinski definition) is 6. The minimum absolute atomic E-state index is 0.122. The van der Waals surface area contributed by atoms with Crippen LogP contribution < -0.4 is 16.4 Å². The van der Waals surface area contributed by atoms with Crippen LogP contribution >= 0.6 is 11.3 Å². The van der Waals surface area contributed by atoms with Crippen molar-refractivity contribution in [1.29, 1.82) is 0 Å². The Morgan fingerprint density at radius 2 is 1.86 bits per heavy atom. The molecule has 1 amide bonds. The van der Waals surface area contributed by atoms with Crippen LogP contribution in [0.2, 0.25) is 0 Å². The monoisotopic (exact) mass is 396 g/mol. The average Bonchev–Trinajstić information content (AvgIpc) is 3.08. The molecule has 1 heterocycles. The second-order valence-corrected chi connectivity index (χ2v) is 7.40. The van der Waals surface area contributed by atoms with Gasteiger partial charge in [0.25, 0.3) is 0 Å². The number of carbonyl (C=O) groups is 1. The Bertz CT molecular complexity index is 881. The van der Waals surface area contributed by atoms with Crippen molar-refractivity contribution in [2.24, 2.45) is 0 Å². The molecule has 0 radical (unpaired) electrons. The maximum atomic E-state index is 12.0. The number of aromatic nitrogens is 1. The van der Waals surface area contributed by atoms with Gasteiger partial charge < -0.3 is 16.2 Å². The molecule has 0 aliphatic carbocycles. The summed E-state index contributed by atoms with van der Waals surface area (Å²) < 4.78 is 0. The lowest BCUT2D eigenvalue weighted by Crippen LogP contribution is -2.32. The van der Waals surface area contributed by atoms with Gasteiger partial charge in [-0.05, 0) is 29.7 Å². The van der Waals surface area contributed by atoms with E-state index < -0.39 is 6.23 Å². The van der Waals surface area contributed by atoms with Crippen LogP contribution in [0.1, 0.15) is 16.8 Å². The second kappa shape index (κ2) is 9.98. The number of nitrogen functional groups attached to an aromatic ring is 1. The first kappa shape index (κ1) is 20.0. The smallest absolute Gasteiger partial charge is 0.230 e. The summed E-state index contributed by atoms with van der Waals surface area (Å²) in [6, 6.07) is 17.6. The number of aliphatic hydroxyl groups excluding tert-OH is 1. The van der Waals surface area contributed by atoms with Crippen molar-refractivity contribution in [1.82, 2.24) is 10.3 Å². The van der Waals surface area contributed by atoms with Crippen molar-refractivity contribution >= 4 is 28.1 Å². The van der Waals surface area contributed by atoms with Gasteiger partial charge in [-0.15, -0.1) is 11.3 Å². The number of hydrogen-bond donors (Lipinski definition) is 4. The average molecular weight is 397 g/mol. The zero-order valence-corrected chi connectivity index (χ0v) is 16.3. The van der Waals surface area contributed by atoms with Crippen molar-refractivity contribution < 1.29 is 9.90 Å². The molecule has 0 aliphatic rings. The molecule has 3 aromatic rings. The number of anilines is 2. The maximum Gasteiger partial charge on any atom is 0.230 e. The molecule has 3 rings (SSSR count). The fraction of sp³-hybridized carbons (Fsp3) is 0.238. The number of nitrogens with zero attached hydrogens (tertiary/aromatic N) is 1. The Kier molecular flexibility index (Phi) is 7.13. The van der Waals surface area contributed by atoms with Gasteiger partial charge in [-0.1, -0.05) is 42.5 Å². The number of aliphatic hydroxyl groups is 1. The summed E-state index contributed by atoms with van der Waals surface area (Å²) in [5.41, 5.74) is 9.23. The Balaban J connectivity index is 1.39. The summed E-state index contributed by atoms with van der Waals surface area (Å²) in [5, 5.41) is 18.3.